The second-order valence-corrected chi connectivity index (χ2v) is 5.68. The number of hydrogen-bond donors (Lipinski definition) is 1. The molecule has 4 heteroatoms. The Kier molecular flexibility index (Phi) is 2.74. The molecule has 1 aliphatic heterocycles. The Hall–Kier alpha value is -2.20. The largest absolute Gasteiger partial charge is 0.384 e. The molecule has 1 aromatic carbocycles. The number of fused-ring (bicyclic) bond motifs is 1. The summed E-state index contributed by atoms with van der Waals surface area (Å²) in [6.45, 7) is 1.04. The van der Waals surface area contributed by atoms with Crippen molar-refractivity contribution in [1.82, 2.24) is 9.97 Å². The Labute approximate surface area is 121 Å². The molecule has 1 N–H and O–H groups in total. The molecule has 0 amide bonds. The van der Waals surface area contributed by atoms with Crippen LogP contribution in [0.25, 0.3) is 21.8 Å². The standard InChI is InChI=1S/C16H13N3S/c1-2-14-13(5-8-18-14)9-12(1)15-10-20-16(19-15)11-3-6-17-7-4-11/h1-4,6-7,9-10,18H,5,8H2. The van der Waals surface area contributed by atoms with Gasteiger partial charge in [-0.15, -0.1) is 11.3 Å². The Morgan fingerprint density at radius 2 is 1.95 bits per heavy atom. The smallest absolute Gasteiger partial charge is 0.124 e. The molecule has 98 valence electrons. The zero-order valence-corrected chi connectivity index (χ0v) is 11.7. The van der Waals surface area contributed by atoms with Crippen LogP contribution in [0.15, 0.2) is 48.1 Å². The minimum Gasteiger partial charge on any atom is -0.384 e. The zero-order valence-electron chi connectivity index (χ0n) is 10.8. The summed E-state index contributed by atoms with van der Waals surface area (Å²) >= 11 is 1.68. The molecule has 0 spiro atoms. The summed E-state index contributed by atoms with van der Waals surface area (Å²) in [5.74, 6) is 0. The molecule has 0 aliphatic carbocycles. The molecule has 4 rings (SSSR count). The Bertz CT molecular complexity index is 749. The first-order chi connectivity index (χ1) is 9.90. The number of nitrogens with zero attached hydrogens (tertiary/aromatic N) is 2. The molecule has 0 saturated carbocycles. The second kappa shape index (κ2) is 4.72. The van der Waals surface area contributed by atoms with E-state index < -0.39 is 0 Å². The first-order valence-electron chi connectivity index (χ1n) is 6.63. The maximum atomic E-state index is 4.75. The van der Waals surface area contributed by atoms with E-state index in [1.54, 1.807) is 23.7 Å². The quantitative estimate of drug-likeness (QED) is 0.774. The zero-order chi connectivity index (χ0) is 13.4. The summed E-state index contributed by atoms with van der Waals surface area (Å²) in [4.78, 5) is 8.79. The summed E-state index contributed by atoms with van der Waals surface area (Å²) in [6.07, 6.45) is 4.71. The molecule has 3 heterocycles. The van der Waals surface area contributed by atoms with Crippen LogP contribution in [0.2, 0.25) is 0 Å². The summed E-state index contributed by atoms with van der Waals surface area (Å²) in [6, 6.07) is 10.5. The average Bonchev–Trinajstić information content (AvgIpc) is 3.16. The SMILES string of the molecule is c1cc(-c2nc(-c3ccc4c(c3)CCN4)cs2)ccn1. The van der Waals surface area contributed by atoms with Gasteiger partial charge in [-0.1, -0.05) is 6.07 Å². The van der Waals surface area contributed by atoms with Crippen LogP contribution in [0.3, 0.4) is 0 Å². The summed E-state index contributed by atoms with van der Waals surface area (Å²) in [7, 11) is 0. The van der Waals surface area contributed by atoms with E-state index in [9.17, 15) is 0 Å². The highest BCUT2D eigenvalue weighted by molar-refractivity contribution is 7.13. The fourth-order valence-electron chi connectivity index (χ4n) is 2.50. The van der Waals surface area contributed by atoms with E-state index >= 15 is 0 Å². The van der Waals surface area contributed by atoms with Crippen LogP contribution in [0.1, 0.15) is 5.56 Å². The number of thiazole rings is 1. The van der Waals surface area contributed by atoms with Crippen LogP contribution in [-0.2, 0) is 6.42 Å². The van der Waals surface area contributed by atoms with Crippen molar-refractivity contribution in [2.45, 2.75) is 6.42 Å². The monoisotopic (exact) mass is 279 g/mol. The Morgan fingerprint density at radius 1 is 1.05 bits per heavy atom. The van der Waals surface area contributed by atoms with Crippen molar-refractivity contribution >= 4 is 17.0 Å². The molecular weight excluding hydrogens is 266 g/mol. The lowest BCUT2D eigenvalue weighted by Crippen LogP contribution is -1.90. The average molecular weight is 279 g/mol. The van der Waals surface area contributed by atoms with Crippen LogP contribution in [0, 0.1) is 0 Å². The van der Waals surface area contributed by atoms with Gasteiger partial charge in [0.05, 0.1) is 5.69 Å². The summed E-state index contributed by atoms with van der Waals surface area (Å²) in [5.41, 5.74) is 6.03. The number of rotatable bonds is 2. The van der Waals surface area contributed by atoms with E-state index in [2.05, 4.69) is 33.9 Å². The molecule has 20 heavy (non-hydrogen) atoms. The predicted octanol–water partition coefficient (Wildman–Crippen LogP) is 3.84. The van der Waals surface area contributed by atoms with E-state index in [1.807, 2.05) is 12.1 Å². The molecule has 0 saturated heterocycles. The Balaban J connectivity index is 1.72. The van der Waals surface area contributed by atoms with Crippen molar-refractivity contribution in [2.24, 2.45) is 0 Å². The molecule has 0 bridgehead atoms. The van der Waals surface area contributed by atoms with Crippen molar-refractivity contribution < 1.29 is 0 Å². The van der Waals surface area contributed by atoms with Crippen molar-refractivity contribution in [3.63, 3.8) is 0 Å². The minimum absolute atomic E-state index is 1.04. The van der Waals surface area contributed by atoms with E-state index in [-0.39, 0.29) is 0 Å². The maximum Gasteiger partial charge on any atom is 0.124 e. The van der Waals surface area contributed by atoms with Crippen LogP contribution in [0.5, 0.6) is 0 Å². The summed E-state index contributed by atoms with van der Waals surface area (Å²) in [5, 5.41) is 6.55. The lowest BCUT2D eigenvalue weighted by Gasteiger charge is -2.02. The summed E-state index contributed by atoms with van der Waals surface area (Å²) < 4.78 is 0. The third-order valence-electron chi connectivity index (χ3n) is 3.54. The maximum absolute atomic E-state index is 4.75. The van der Waals surface area contributed by atoms with Crippen LogP contribution >= 0.6 is 11.3 Å². The third kappa shape index (κ3) is 1.98. The van der Waals surface area contributed by atoms with Crippen LogP contribution < -0.4 is 5.32 Å². The molecule has 0 fully saturated rings. The van der Waals surface area contributed by atoms with Gasteiger partial charge in [-0.05, 0) is 36.2 Å². The lowest BCUT2D eigenvalue weighted by molar-refractivity contribution is 1.11. The van der Waals surface area contributed by atoms with Crippen molar-refractivity contribution in [1.29, 1.82) is 0 Å². The van der Waals surface area contributed by atoms with Gasteiger partial charge in [0, 0.05) is 41.1 Å². The number of pyridine rings is 1. The Morgan fingerprint density at radius 3 is 2.85 bits per heavy atom. The van der Waals surface area contributed by atoms with Gasteiger partial charge in [0.2, 0.25) is 0 Å². The topological polar surface area (TPSA) is 37.8 Å². The van der Waals surface area contributed by atoms with Crippen LogP contribution in [0.4, 0.5) is 5.69 Å². The van der Waals surface area contributed by atoms with Gasteiger partial charge in [0.25, 0.3) is 0 Å². The van der Waals surface area contributed by atoms with Crippen molar-refractivity contribution in [2.75, 3.05) is 11.9 Å². The fourth-order valence-corrected chi connectivity index (χ4v) is 3.33. The normalized spacial score (nSPS) is 13.0. The molecule has 3 nitrogen and oxygen atoms in total. The van der Waals surface area contributed by atoms with Gasteiger partial charge in [0.1, 0.15) is 5.01 Å². The van der Waals surface area contributed by atoms with Gasteiger partial charge in [-0.25, -0.2) is 4.98 Å². The van der Waals surface area contributed by atoms with Crippen molar-refractivity contribution in [3.8, 4) is 21.8 Å². The van der Waals surface area contributed by atoms with E-state index in [0.717, 1.165) is 29.2 Å². The molecule has 2 aromatic heterocycles. The minimum atomic E-state index is 1.04. The molecule has 1 aliphatic rings. The molecule has 0 atom stereocenters. The highest BCUT2D eigenvalue weighted by Crippen LogP contribution is 2.31. The highest BCUT2D eigenvalue weighted by Gasteiger charge is 2.12. The predicted molar refractivity (Wildman–Crippen MR) is 83.0 cm³/mol. The number of aromatic nitrogens is 2. The first-order valence-corrected chi connectivity index (χ1v) is 7.51. The van der Waals surface area contributed by atoms with E-state index in [1.165, 1.54) is 16.8 Å². The second-order valence-electron chi connectivity index (χ2n) is 4.82. The third-order valence-corrected chi connectivity index (χ3v) is 4.43. The van der Waals surface area contributed by atoms with E-state index in [0.29, 0.717) is 0 Å². The number of hydrogen-bond acceptors (Lipinski definition) is 4. The number of anilines is 1. The van der Waals surface area contributed by atoms with Gasteiger partial charge in [-0.3, -0.25) is 4.98 Å². The molecule has 0 unspecified atom stereocenters. The fraction of sp³-hybridized carbons (Fsp3) is 0.125. The van der Waals surface area contributed by atoms with Crippen molar-refractivity contribution in [3.05, 3.63) is 53.7 Å². The van der Waals surface area contributed by atoms with Gasteiger partial charge < -0.3 is 5.32 Å². The highest BCUT2D eigenvalue weighted by atomic mass is 32.1. The molecule has 3 aromatic rings. The van der Waals surface area contributed by atoms with Gasteiger partial charge >= 0.3 is 0 Å². The lowest BCUT2D eigenvalue weighted by atomic mass is 10.1. The first kappa shape index (κ1) is 11.6. The van der Waals surface area contributed by atoms with Gasteiger partial charge in [0.15, 0.2) is 0 Å². The molecule has 0 radical (unpaired) electrons. The van der Waals surface area contributed by atoms with Crippen LogP contribution in [-0.4, -0.2) is 16.5 Å². The molecular formula is C16H13N3S. The number of benzene rings is 1. The van der Waals surface area contributed by atoms with E-state index in [4.69, 9.17) is 4.98 Å². The van der Waals surface area contributed by atoms with Gasteiger partial charge in [-0.2, -0.15) is 0 Å². The number of nitrogens with one attached hydrogen (secondary N) is 1.